The van der Waals surface area contributed by atoms with Gasteiger partial charge in [0.15, 0.2) is 12.1 Å². The Morgan fingerprint density at radius 2 is 2.20 bits per heavy atom. The summed E-state index contributed by atoms with van der Waals surface area (Å²) in [6.45, 7) is 2.54. The maximum atomic E-state index is 12.0. The van der Waals surface area contributed by atoms with Gasteiger partial charge in [-0.2, -0.15) is 0 Å². The number of hydrogen-bond acceptors (Lipinski definition) is 4. The molecule has 0 aliphatic heterocycles. The topological polar surface area (TPSA) is 58.4 Å². The number of nitrogens with zero attached hydrogens (tertiary/aromatic N) is 2. The number of aromatic nitrogens is 1. The van der Waals surface area contributed by atoms with E-state index in [0.29, 0.717) is 17.1 Å². The summed E-state index contributed by atoms with van der Waals surface area (Å²) >= 11 is 3.52. The quantitative estimate of drug-likeness (QED) is 0.931. The Hall–Kier alpha value is -1.66. The number of aryl methyl sites for hydroxylation is 1. The van der Waals surface area contributed by atoms with Gasteiger partial charge in [-0.25, -0.2) is 4.98 Å². The lowest BCUT2D eigenvalue weighted by molar-refractivity contribution is 0.102. The van der Waals surface area contributed by atoms with E-state index in [0.717, 1.165) is 16.6 Å². The number of anilines is 1. The molecule has 0 atom stereocenters. The molecule has 1 amide bonds. The number of halogens is 1. The average molecular weight is 338 g/mol. The second kappa shape index (κ2) is 6.19. The first-order valence-corrected chi connectivity index (χ1v) is 6.91. The fraction of sp³-hybridized carbons (Fsp3) is 0.286. The van der Waals surface area contributed by atoms with Gasteiger partial charge in [0, 0.05) is 16.7 Å². The van der Waals surface area contributed by atoms with E-state index in [-0.39, 0.29) is 5.91 Å². The van der Waals surface area contributed by atoms with Crippen molar-refractivity contribution in [2.24, 2.45) is 0 Å². The minimum absolute atomic E-state index is 0.275. The zero-order chi connectivity index (χ0) is 14.7. The summed E-state index contributed by atoms with van der Waals surface area (Å²) in [5.41, 5.74) is 2.18. The van der Waals surface area contributed by atoms with Crippen LogP contribution < -0.4 is 5.32 Å². The van der Waals surface area contributed by atoms with Crippen molar-refractivity contribution in [1.82, 2.24) is 9.88 Å². The van der Waals surface area contributed by atoms with E-state index in [2.05, 4.69) is 31.1 Å². The molecule has 0 unspecified atom stereocenters. The average Bonchev–Trinajstić information content (AvgIpc) is 2.78. The molecule has 2 aromatic rings. The van der Waals surface area contributed by atoms with Gasteiger partial charge >= 0.3 is 0 Å². The molecule has 1 N–H and O–H groups in total. The number of nitrogens with one attached hydrogen (secondary N) is 1. The maximum absolute atomic E-state index is 12.0. The molecule has 0 bridgehead atoms. The second-order valence-corrected chi connectivity index (χ2v) is 5.61. The third kappa shape index (κ3) is 3.46. The van der Waals surface area contributed by atoms with Crippen LogP contribution in [0.3, 0.4) is 0 Å². The first-order valence-electron chi connectivity index (χ1n) is 6.12. The summed E-state index contributed by atoms with van der Waals surface area (Å²) in [4.78, 5) is 18.0. The van der Waals surface area contributed by atoms with Crippen molar-refractivity contribution in [1.29, 1.82) is 0 Å². The van der Waals surface area contributed by atoms with Gasteiger partial charge in [0.1, 0.15) is 5.76 Å². The van der Waals surface area contributed by atoms with E-state index in [1.54, 1.807) is 6.92 Å². The molecule has 1 aromatic carbocycles. The molecule has 0 aliphatic carbocycles. The van der Waals surface area contributed by atoms with Crippen LogP contribution in [0.25, 0.3) is 0 Å². The highest BCUT2D eigenvalue weighted by Crippen LogP contribution is 2.23. The monoisotopic (exact) mass is 337 g/mol. The standard InChI is InChI=1S/C14H16BrN3O2/c1-9-13(16-8-20-9)14(19)17-11-5-4-10(7-18(2)3)12(15)6-11/h4-6,8H,7H2,1-3H3,(H,17,19). The summed E-state index contributed by atoms with van der Waals surface area (Å²) in [7, 11) is 4.02. The lowest BCUT2D eigenvalue weighted by Crippen LogP contribution is -2.14. The molecule has 6 heteroatoms. The van der Waals surface area contributed by atoms with Crippen LogP contribution in [0, 0.1) is 6.92 Å². The largest absolute Gasteiger partial charge is 0.448 e. The number of rotatable bonds is 4. The molecule has 0 radical (unpaired) electrons. The summed E-state index contributed by atoms with van der Waals surface area (Å²) in [5.74, 6) is 0.231. The van der Waals surface area contributed by atoms with Crippen molar-refractivity contribution < 1.29 is 9.21 Å². The van der Waals surface area contributed by atoms with Crippen LogP contribution in [0.4, 0.5) is 5.69 Å². The second-order valence-electron chi connectivity index (χ2n) is 4.76. The molecule has 1 heterocycles. The number of carbonyl (C=O) groups is 1. The smallest absolute Gasteiger partial charge is 0.277 e. The minimum atomic E-state index is -0.275. The van der Waals surface area contributed by atoms with Crippen molar-refractivity contribution in [2.45, 2.75) is 13.5 Å². The SMILES string of the molecule is Cc1ocnc1C(=O)Nc1ccc(CN(C)C)c(Br)c1. The summed E-state index contributed by atoms with van der Waals surface area (Å²) in [5, 5.41) is 2.80. The molecule has 1 aromatic heterocycles. The van der Waals surface area contributed by atoms with Gasteiger partial charge in [-0.05, 0) is 38.7 Å². The lowest BCUT2D eigenvalue weighted by atomic mass is 10.2. The zero-order valence-corrected chi connectivity index (χ0v) is 13.2. The van der Waals surface area contributed by atoms with E-state index in [4.69, 9.17) is 4.42 Å². The molecule has 0 fully saturated rings. The first-order chi connectivity index (χ1) is 9.47. The van der Waals surface area contributed by atoms with Crippen LogP contribution in [0.2, 0.25) is 0 Å². The van der Waals surface area contributed by atoms with E-state index < -0.39 is 0 Å². The van der Waals surface area contributed by atoms with Crippen molar-refractivity contribution >= 4 is 27.5 Å². The lowest BCUT2D eigenvalue weighted by Gasteiger charge is -2.12. The normalized spacial score (nSPS) is 10.8. The van der Waals surface area contributed by atoms with Gasteiger partial charge < -0.3 is 14.6 Å². The Labute approximate surface area is 126 Å². The number of carbonyl (C=O) groups excluding carboxylic acids is 1. The number of amides is 1. The van der Waals surface area contributed by atoms with Crippen LogP contribution in [-0.2, 0) is 6.54 Å². The van der Waals surface area contributed by atoms with Crippen LogP contribution in [0.1, 0.15) is 21.8 Å². The van der Waals surface area contributed by atoms with E-state index in [9.17, 15) is 4.79 Å². The van der Waals surface area contributed by atoms with E-state index in [1.807, 2.05) is 32.3 Å². The van der Waals surface area contributed by atoms with Gasteiger partial charge in [0.05, 0.1) is 0 Å². The number of benzene rings is 1. The van der Waals surface area contributed by atoms with Gasteiger partial charge in [-0.1, -0.05) is 22.0 Å². The van der Waals surface area contributed by atoms with Crippen molar-refractivity contribution in [3.05, 3.63) is 46.1 Å². The third-order valence-electron chi connectivity index (χ3n) is 2.76. The van der Waals surface area contributed by atoms with Crippen molar-refractivity contribution in [3.8, 4) is 0 Å². The molecule has 2 rings (SSSR count). The summed E-state index contributed by atoms with van der Waals surface area (Å²) in [6, 6.07) is 5.73. The highest BCUT2D eigenvalue weighted by molar-refractivity contribution is 9.10. The van der Waals surface area contributed by atoms with E-state index >= 15 is 0 Å². The Balaban J connectivity index is 2.13. The highest BCUT2D eigenvalue weighted by atomic mass is 79.9. The Kier molecular flexibility index (Phi) is 4.57. The zero-order valence-electron chi connectivity index (χ0n) is 11.6. The Morgan fingerprint density at radius 3 is 2.75 bits per heavy atom. The maximum Gasteiger partial charge on any atom is 0.277 e. The Bertz CT molecular complexity index is 623. The highest BCUT2D eigenvalue weighted by Gasteiger charge is 2.14. The van der Waals surface area contributed by atoms with Crippen LogP contribution in [-0.4, -0.2) is 29.9 Å². The summed E-state index contributed by atoms with van der Waals surface area (Å²) < 4.78 is 5.98. The predicted molar refractivity (Wildman–Crippen MR) is 80.7 cm³/mol. The Morgan fingerprint density at radius 1 is 1.45 bits per heavy atom. The molecular weight excluding hydrogens is 322 g/mol. The van der Waals surface area contributed by atoms with Gasteiger partial charge in [-0.3, -0.25) is 4.79 Å². The summed E-state index contributed by atoms with van der Waals surface area (Å²) in [6.07, 6.45) is 1.26. The fourth-order valence-corrected chi connectivity index (χ4v) is 2.31. The first kappa shape index (κ1) is 14.7. The van der Waals surface area contributed by atoms with Crippen molar-refractivity contribution in [2.75, 3.05) is 19.4 Å². The third-order valence-corrected chi connectivity index (χ3v) is 3.50. The van der Waals surface area contributed by atoms with Gasteiger partial charge in [0.2, 0.25) is 0 Å². The predicted octanol–water partition coefficient (Wildman–Crippen LogP) is 3.06. The van der Waals surface area contributed by atoms with Crippen LogP contribution in [0.15, 0.2) is 33.5 Å². The molecular formula is C14H16BrN3O2. The van der Waals surface area contributed by atoms with Gasteiger partial charge in [-0.15, -0.1) is 0 Å². The molecule has 0 saturated heterocycles. The van der Waals surface area contributed by atoms with Crippen LogP contribution in [0.5, 0.6) is 0 Å². The number of hydrogen-bond donors (Lipinski definition) is 1. The van der Waals surface area contributed by atoms with Crippen molar-refractivity contribution in [3.63, 3.8) is 0 Å². The molecule has 0 aliphatic rings. The number of oxazole rings is 1. The minimum Gasteiger partial charge on any atom is -0.448 e. The molecule has 5 nitrogen and oxygen atoms in total. The van der Waals surface area contributed by atoms with Gasteiger partial charge in [0.25, 0.3) is 5.91 Å². The fourth-order valence-electron chi connectivity index (χ4n) is 1.81. The van der Waals surface area contributed by atoms with Crippen LogP contribution >= 0.6 is 15.9 Å². The molecule has 106 valence electrons. The molecule has 20 heavy (non-hydrogen) atoms. The molecule has 0 saturated carbocycles. The molecule has 0 spiro atoms. The van der Waals surface area contributed by atoms with E-state index in [1.165, 1.54) is 6.39 Å².